The van der Waals surface area contributed by atoms with E-state index in [-0.39, 0.29) is 11.7 Å². The van der Waals surface area contributed by atoms with Gasteiger partial charge >= 0.3 is 0 Å². The predicted octanol–water partition coefficient (Wildman–Crippen LogP) is 2.95. The molecule has 0 unspecified atom stereocenters. The van der Waals surface area contributed by atoms with Gasteiger partial charge in [-0.3, -0.25) is 4.79 Å². The van der Waals surface area contributed by atoms with Crippen molar-refractivity contribution in [1.29, 1.82) is 0 Å². The van der Waals surface area contributed by atoms with Crippen LogP contribution in [0.5, 0.6) is 5.75 Å². The number of amides is 1. The molecule has 0 saturated carbocycles. The topological polar surface area (TPSA) is 49.3 Å². The van der Waals surface area contributed by atoms with Gasteiger partial charge in [0.1, 0.15) is 5.75 Å². The molecule has 0 aliphatic rings. The van der Waals surface area contributed by atoms with Gasteiger partial charge in [-0.1, -0.05) is 41.9 Å². The summed E-state index contributed by atoms with van der Waals surface area (Å²) in [5, 5.41) is 13.1. The maximum atomic E-state index is 11.8. The molecule has 0 aliphatic carbocycles. The molecular weight excluding hydrogens is 274 g/mol. The van der Waals surface area contributed by atoms with Crippen LogP contribution in [0.2, 0.25) is 5.02 Å². The Labute approximate surface area is 123 Å². The fraction of sp³-hybridized carbons (Fsp3) is 0.188. The first-order valence-electron chi connectivity index (χ1n) is 6.43. The van der Waals surface area contributed by atoms with E-state index in [2.05, 4.69) is 5.32 Å². The van der Waals surface area contributed by atoms with E-state index >= 15 is 0 Å². The Morgan fingerprint density at radius 3 is 2.50 bits per heavy atom. The number of phenolic OH excluding ortho intramolecular Hbond substituents is 1. The number of phenols is 1. The van der Waals surface area contributed by atoms with Crippen molar-refractivity contribution in [1.82, 2.24) is 5.32 Å². The van der Waals surface area contributed by atoms with E-state index in [0.717, 1.165) is 11.1 Å². The van der Waals surface area contributed by atoms with Crippen molar-refractivity contribution in [2.24, 2.45) is 0 Å². The first-order chi connectivity index (χ1) is 9.65. The Morgan fingerprint density at radius 1 is 1.10 bits per heavy atom. The monoisotopic (exact) mass is 289 g/mol. The van der Waals surface area contributed by atoms with E-state index < -0.39 is 0 Å². The summed E-state index contributed by atoms with van der Waals surface area (Å²) in [6.45, 7) is 0.504. The number of aromatic hydroxyl groups is 1. The number of halogens is 1. The van der Waals surface area contributed by atoms with Gasteiger partial charge in [0.05, 0.1) is 6.42 Å². The molecule has 0 aliphatic heterocycles. The Balaban J connectivity index is 1.78. The number of carbonyl (C=O) groups excluding carboxylic acids is 1. The molecule has 3 nitrogen and oxygen atoms in total. The molecule has 0 aromatic heterocycles. The number of benzene rings is 2. The molecule has 2 rings (SSSR count). The van der Waals surface area contributed by atoms with Crippen LogP contribution in [0.1, 0.15) is 11.1 Å². The van der Waals surface area contributed by atoms with Crippen molar-refractivity contribution >= 4 is 17.5 Å². The normalized spacial score (nSPS) is 10.2. The maximum Gasteiger partial charge on any atom is 0.224 e. The summed E-state index contributed by atoms with van der Waals surface area (Å²) in [5.74, 6) is 0.224. The largest absolute Gasteiger partial charge is 0.508 e. The van der Waals surface area contributed by atoms with E-state index in [4.69, 9.17) is 11.6 Å². The molecule has 0 radical (unpaired) electrons. The number of nitrogens with one attached hydrogen (secondary N) is 1. The number of hydrogen-bond donors (Lipinski definition) is 2. The van der Waals surface area contributed by atoms with Crippen molar-refractivity contribution in [2.75, 3.05) is 6.54 Å². The zero-order valence-electron chi connectivity index (χ0n) is 11.0. The van der Waals surface area contributed by atoms with E-state index in [0.29, 0.717) is 24.4 Å². The summed E-state index contributed by atoms with van der Waals surface area (Å²) < 4.78 is 0. The third-order valence-electron chi connectivity index (χ3n) is 2.99. The van der Waals surface area contributed by atoms with Crippen LogP contribution in [-0.4, -0.2) is 17.6 Å². The minimum atomic E-state index is -0.0391. The highest BCUT2D eigenvalue weighted by Crippen LogP contribution is 2.15. The SMILES string of the molecule is O=C(Cc1ccc(Cl)cc1)NCCc1ccccc1O. The Morgan fingerprint density at radius 2 is 1.80 bits per heavy atom. The third-order valence-corrected chi connectivity index (χ3v) is 3.24. The summed E-state index contributed by atoms with van der Waals surface area (Å²) in [6, 6.07) is 14.3. The van der Waals surface area contributed by atoms with Gasteiger partial charge in [-0.2, -0.15) is 0 Å². The Hall–Kier alpha value is -2.00. The highest BCUT2D eigenvalue weighted by molar-refractivity contribution is 6.30. The van der Waals surface area contributed by atoms with Crippen LogP contribution in [0.3, 0.4) is 0 Å². The fourth-order valence-electron chi connectivity index (χ4n) is 1.91. The quantitative estimate of drug-likeness (QED) is 0.889. The minimum absolute atomic E-state index is 0.0391. The average Bonchev–Trinajstić information content (AvgIpc) is 2.43. The second-order valence-electron chi connectivity index (χ2n) is 4.53. The molecule has 20 heavy (non-hydrogen) atoms. The molecule has 1 amide bonds. The van der Waals surface area contributed by atoms with E-state index in [1.165, 1.54) is 0 Å². The van der Waals surface area contributed by atoms with Crippen molar-refractivity contribution < 1.29 is 9.90 Å². The van der Waals surface area contributed by atoms with Crippen LogP contribution in [0.15, 0.2) is 48.5 Å². The lowest BCUT2D eigenvalue weighted by molar-refractivity contribution is -0.120. The maximum absolute atomic E-state index is 11.8. The molecule has 2 aromatic rings. The summed E-state index contributed by atoms with van der Waals surface area (Å²) >= 11 is 5.79. The smallest absolute Gasteiger partial charge is 0.224 e. The summed E-state index contributed by atoms with van der Waals surface area (Å²) in [4.78, 5) is 11.8. The molecule has 2 N–H and O–H groups in total. The fourth-order valence-corrected chi connectivity index (χ4v) is 2.03. The van der Waals surface area contributed by atoms with Gasteiger partial charge in [0.15, 0.2) is 0 Å². The second kappa shape index (κ2) is 6.96. The zero-order chi connectivity index (χ0) is 14.4. The number of rotatable bonds is 5. The standard InChI is InChI=1S/C16H16ClNO2/c17-14-7-5-12(6-8-14)11-16(20)18-10-9-13-3-1-2-4-15(13)19/h1-8,19H,9-11H2,(H,18,20). The van der Waals surface area contributed by atoms with Crippen molar-refractivity contribution in [2.45, 2.75) is 12.8 Å². The van der Waals surface area contributed by atoms with Gasteiger partial charge in [-0.15, -0.1) is 0 Å². The van der Waals surface area contributed by atoms with Crippen LogP contribution in [0, 0.1) is 0 Å². The van der Waals surface area contributed by atoms with Gasteiger partial charge in [-0.25, -0.2) is 0 Å². The lowest BCUT2D eigenvalue weighted by Crippen LogP contribution is -2.27. The van der Waals surface area contributed by atoms with Gasteiger partial charge in [0.25, 0.3) is 0 Å². The average molecular weight is 290 g/mol. The van der Waals surface area contributed by atoms with E-state index in [1.807, 2.05) is 24.3 Å². The summed E-state index contributed by atoms with van der Waals surface area (Å²) in [7, 11) is 0. The van der Waals surface area contributed by atoms with Crippen molar-refractivity contribution in [3.8, 4) is 5.75 Å². The van der Waals surface area contributed by atoms with Crippen molar-refractivity contribution in [3.05, 3.63) is 64.7 Å². The second-order valence-corrected chi connectivity index (χ2v) is 4.97. The molecular formula is C16H16ClNO2. The van der Waals surface area contributed by atoms with Crippen LogP contribution in [0.25, 0.3) is 0 Å². The molecule has 0 atom stereocenters. The molecule has 0 heterocycles. The predicted molar refractivity (Wildman–Crippen MR) is 80.0 cm³/mol. The van der Waals surface area contributed by atoms with E-state index in [1.54, 1.807) is 24.3 Å². The lowest BCUT2D eigenvalue weighted by Gasteiger charge is -2.07. The summed E-state index contributed by atoms with van der Waals surface area (Å²) in [6.07, 6.45) is 0.941. The lowest BCUT2D eigenvalue weighted by atomic mass is 10.1. The van der Waals surface area contributed by atoms with E-state index in [9.17, 15) is 9.90 Å². The highest BCUT2D eigenvalue weighted by atomic mass is 35.5. The van der Waals surface area contributed by atoms with Crippen LogP contribution in [-0.2, 0) is 17.6 Å². The molecule has 0 fully saturated rings. The molecule has 4 heteroatoms. The highest BCUT2D eigenvalue weighted by Gasteiger charge is 2.04. The number of carbonyl (C=O) groups is 1. The summed E-state index contributed by atoms with van der Waals surface area (Å²) in [5.41, 5.74) is 1.76. The molecule has 0 bridgehead atoms. The first-order valence-corrected chi connectivity index (χ1v) is 6.81. The number of para-hydroxylation sites is 1. The van der Waals surface area contributed by atoms with Gasteiger partial charge in [-0.05, 0) is 35.7 Å². The molecule has 104 valence electrons. The Bertz CT molecular complexity index is 581. The molecule has 0 spiro atoms. The molecule has 2 aromatic carbocycles. The minimum Gasteiger partial charge on any atom is -0.508 e. The van der Waals surface area contributed by atoms with Gasteiger partial charge in [0, 0.05) is 11.6 Å². The van der Waals surface area contributed by atoms with Crippen LogP contribution >= 0.6 is 11.6 Å². The van der Waals surface area contributed by atoms with Gasteiger partial charge in [0.2, 0.25) is 5.91 Å². The molecule has 0 saturated heterocycles. The first kappa shape index (κ1) is 14.4. The van der Waals surface area contributed by atoms with Crippen molar-refractivity contribution in [3.63, 3.8) is 0 Å². The number of hydrogen-bond acceptors (Lipinski definition) is 2. The zero-order valence-corrected chi connectivity index (χ0v) is 11.7. The third kappa shape index (κ3) is 4.28. The Kier molecular flexibility index (Phi) is 5.02. The van der Waals surface area contributed by atoms with Crippen LogP contribution in [0.4, 0.5) is 0 Å². The van der Waals surface area contributed by atoms with Crippen LogP contribution < -0.4 is 5.32 Å². The van der Waals surface area contributed by atoms with Gasteiger partial charge < -0.3 is 10.4 Å².